The van der Waals surface area contributed by atoms with Gasteiger partial charge >= 0.3 is 0 Å². The number of hydrogen-bond donors (Lipinski definition) is 1. The lowest BCUT2D eigenvalue weighted by molar-refractivity contribution is -0.0556. The van der Waals surface area contributed by atoms with Crippen molar-refractivity contribution in [1.29, 1.82) is 0 Å². The maximum atomic E-state index is 13.0. The Hall–Kier alpha value is -1.16. The van der Waals surface area contributed by atoms with Gasteiger partial charge in [-0.1, -0.05) is 12.1 Å². The number of hydrogen-bond acceptors (Lipinski definition) is 2. The van der Waals surface area contributed by atoms with Crippen molar-refractivity contribution in [3.8, 4) is 0 Å². The predicted octanol–water partition coefficient (Wildman–Crippen LogP) is 1.84. The number of alkyl halides is 2. The van der Waals surface area contributed by atoms with Crippen molar-refractivity contribution in [2.45, 2.75) is 5.92 Å². The van der Waals surface area contributed by atoms with E-state index in [1.54, 1.807) is 12.1 Å². The zero-order valence-corrected chi connectivity index (χ0v) is 8.17. The molecule has 1 rings (SSSR count). The van der Waals surface area contributed by atoms with Crippen molar-refractivity contribution >= 4 is 5.69 Å². The lowest BCUT2D eigenvalue weighted by Crippen LogP contribution is -2.18. The fourth-order valence-electron chi connectivity index (χ4n) is 1.09. The molecule has 0 bridgehead atoms. The van der Waals surface area contributed by atoms with Gasteiger partial charge in [-0.15, -0.1) is 0 Å². The molecule has 0 heterocycles. The van der Waals surface area contributed by atoms with E-state index in [2.05, 4.69) is 0 Å². The Morgan fingerprint density at radius 1 is 1.21 bits per heavy atom. The van der Waals surface area contributed by atoms with Crippen LogP contribution < -0.4 is 4.90 Å². The molecule has 14 heavy (non-hydrogen) atoms. The summed E-state index contributed by atoms with van der Waals surface area (Å²) in [4.78, 5) is 1.82. The zero-order valence-electron chi connectivity index (χ0n) is 8.17. The van der Waals surface area contributed by atoms with Gasteiger partial charge in [0.05, 0.1) is 0 Å². The number of aliphatic hydroxyl groups excluding tert-OH is 1. The lowest BCUT2D eigenvalue weighted by atomic mass is 10.1. The number of nitrogens with zero attached hydrogens (tertiary/aromatic N) is 1. The summed E-state index contributed by atoms with van der Waals surface area (Å²) in [5.41, 5.74) is 0.688. The van der Waals surface area contributed by atoms with Gasteiger partial charge in [0.15, 0.2) is 0 Å². The first-order valence-electron chi connectivity index (χ1n) is 4.24. The first-order valence-corrected chi connectivity index (χ1v) is 4.24. The molecule has 0 unspecified atom stereocenters. The SMILES string of the molecule is CN(C)c1ccc(C(F)(F)CO)cc1. The highest BCUT2D eigenvalue weighted by atomic mass is 19.3. The highest BCUT2D eigenvalue weighted by Gasteiger charge is 2.30. The molecule has 0 aliphatic carbocycles. The third-order valence-electron chi connectivity index (χ3n) is 2.00. The number of halogens is 2. The van der Waals surface area contributed by atoms with Gasteiger partial charge in [0.2, 0.25) is 0 Å². The van der Waals surface area contributed by atoms with Crippen molar-refractivity contribution in [1.82, 2.24) is 0 Å². The summed E-state index contributed by atoms with van der Waals surface area (Å²) in [6.45, 7) is -1.16. The van der Waals surface area contributed by atoms with E-state index >= 15 is 0 Å². The minimum absolute atomic E-state index is 0.161. The van der Waals surface area contributed by atoms with Crippen molar-refractivity contribution in [2.75, 3.05) is 25.6 Å². The van der Waals surface area contributed by atoms with Crippen LogP contribution in [0.5, 0.6) is 0 Å². The van der Waals surface area contributed by atoms with Crippen LogP contribution in [0.15, 0.2) is 24.3 Å². The normalized spacial score (nSPS) is 11.5. The summed E-state index contributed by atoms with van der Waals surface area (Å²) in [7, 11) is 3.67. The maximum Gasteiger partial charge on any atom is 0.295 e. The molecular formula is C10H13F2NO. The first kappa shape index (κ1) is 10.9. The summed E-state index contributed by atoms with van der Waals surface area (Å²) >= 11 is 0. The van der Waals surface area contributed by atoms with Crippen LogP contribution in [-0.2, 0) is 5.92 Å². The minimum Gasteiger partial charge on any atom is -0.390 e. The Labute approximate surface area is 81.8 Å². The molecule has 0 aliphatic rings. The maximum absolute atomic E-state index is 13.0. The molecule has 2 nitrogen and oxygen atoms in total. The molecule has 0 radical (unpaired) electrons. The molecule has 1 aromatic rings. The number of aliphatic hydroxyl groups is 1. The fraction of sp³-hybridized carbons (Fsp3) is 0.400. The van der Waals surface area contributed by atoms with Crippen LogP contribution in [0.4, 0.5) is 14.5 Å². The van der Waals surface area contributed by atoms with E-state index < -0.39 is 12.5 Å². The minimum atomic E-state index is -3.15. The van der Waals surface area contributed by atoms with E-state index in [1.165, 1.54) is 12.1 Å². The van der Waals surface area contributed by atoms with Crippen molar-refractivity contribution < 1.29 is 13.9 Å². The van der Waals surface area contributed by atoms with Gasteiger partial charge in [0.25, 0.3) is 5.92 Å². The standard InChI is InChI=1S/C10H13F2NO/c1-13(2)9-5-3-8(4-6-9)10(11,12)7-14/h3-6,14H,7H2,1-2H3. The summed E-state index contributed by atoms with van der Waals surface area (Å²) in [5.74, 6) is -3.15. The Kier molecular flexibility index (Phi) is 3.06. The van der Waals surface area contributed by atoms with Crippen LogP contribution >= 0.6 is 0 Å². The van der Waals surface area contributed by atoms with Crippen LogP contribution in [0.1, 0.15) is 5.56 Å². The average Bonchev–Trinajstić information content (AvgIpc) is 2.18. The monoisotopic (exact) mass is 201 g/mol. The smallest absolute Gasteiger partial charge is 0.295 e. The first-order chi connectivity index (χ1) is 6.47. The van der Waals surface area contributed by atoms with Gasteiger partial charge in [0.1, 0.15) is 6.61 Å². The van der Waals surface area contributed by atoms with Gasteiger partial charge in [0, 0.05) is 25.3 Å². The molecule has 1 N–H and O–H groups in total. The second-order valence-corrected chi connectivity index (χ2v) is 3.30. The number of rotatable bonds is 3. The molecule has 1 aromatic carbocycles. The summed E-state index contributed by atoms with van der Waals surface area (Å²) < 4.78 is 25.9. The fourth-order valence-corrected chi connectivity index (χ4v) is 1.09. The molecule has 0 aliphatic heterocycles. The zero-order chi connectivity index (χ0) is 10.8. The predicted molar refractivity (Wildman–Crippen MR) is 51.7 cm³/mol. The highest BCUT2D eigenvalue weighted by Crippen LogP contribution is 2.28. The van der Waals surface area contributed by atoms with E-state index in [4.69, 9.17) is 5.11 Å². The van der Waals surface area contributed by atoms with Gasteiger partial charge in [-0.25, -0.2) is 0 Å². The molecule has 78 valence electrons. The molecular weight excluding hydrogens is 188 g/mol. The van der Waals surface area contributed by atoms with Crippen molar-refractivity contribution in [3.05, 3.63) is 29.8 Å². The third-order valence-corrected chi connectivity index (χ3v) is 2.00. The second-order valence-electron chi connectivity index (χ2n) is 3.30. The summed E-state index contributed by atoms with van der Waals surface area (Å²) in [5, 5.41) is 8.47. The van der Waals surface area contributed by atoms with Gasteiger partial charge in [-0.05, 0) is 12.1 Å². The van der Waals surface area contributed by atoms with Crippen molar-refractivity contribution in [3.63, 3.8) is 0 Å². The van der Waals surface area contributed by atoms with Crippen LogP contribution in [0, 0.1) is 0 Å². The van der Waals surface area contributed by atoms with Gasteiger partial charge in [-0.2, -0.15) is 8.78 Å². The van der Waals surface area contributed by atoms with E-state index in [9.17, 15) is 8.78 Å². The van der Waals surface area contributed by atoms with Crippen molar-refractivity contribution in [2.24, 2.45) is 0 Å². The molecule has 0 atom stereocenters. The summed E-state index contributed by atoms with van der Waals surface area (Å²) in [6, 6.07) is 5.84. The molecule has 0 fully saturated rings. The van der Waals surface area contributed by atoms with E-state index in [1.807, 2.05) is 19.0 Å². The molecule has 0 amide bonds. The molecule has 0 spiro atoms. The molecule has 4 heteroatoms. The number of benzene rings is 1. The van der Waals surface area contributed by atoms with Crippen LogP contribution in [0.3, 0.4) is 0 Å². The summed E-state index contributed by atoms with van der Waals surface area (Å²) in [6.07, 6.45) is 0. The molecule has 0 saturated carbocycles. The highest BCUT2D eigenvalue weighted by molar-refractivity contribution is 5.46. The van der Waals surface area contributed by atoms with Crippen LogP contribution in [0.2, 0.25) is 0 Å². The van der Waals surface area contributed by atoms with Crippen LogP contribution in [0.25, 0.3) is 0 Å². The van der Waals surface area contributed by atoms with Crippen LogP contribution in [-0.4, -0.2) is 25.8 Å². The molecule has 0 saturated heterocycles. The topological polar surface area (TPSA) is 23.5 Å². The van der Waals surface area contributed by atoms with E-state index in [0.29, 0.717) is 0 Å². The van der Waals surface area contributed by atoms with E-state index in [0.717, 1.165) is 5.69 Å². The largest absolute Gasteiger partial charge is 0.390 e. The third kappa shape index (κ3) is 2.20. The van der Waals surface area contributed by atoms with Gasteiger partial charge in [-0.3, -0.25) is 0 Å². The Balaban J connectivity index is 2.94. The average molecular weight is 201 g/mol. The van der Waals surface area contributed by atoms with E-state index in [-0.39, 0.29) is 5.56 Å². The molecule has 0 aromatic heterocycles. The number of anilines is 1. The lowest BCUT2D eigenvalue weighted by Gasteiger charge is -2.16. The van der Waals surface area contributed by atoms with Gasteiger partial charge < -0.3 is 10.0 Å². The Morgan fingerprint density at radius 3 is 2.07 bits per heavy atom. The quantitative estimate of drug-likeness (QED) is 0.806. The Bertz CT molecular complexity index is 295. The Morgan fingerprint density at radius 2 is 1.71 bits per heavy atom. The second kappa shape index (κ2) is 3.92.